The van der Waals surface area contributed by atoms with Crippen molar-refractivity contribution in [3.05, 3.63) is 17.8 Å². The van der Waals surface area contributed by atoms with E-state index >= 15 is 0 Å². The highest BCUT2D eigenvalue weighted by molar-refractivity contribution is 7.16. The molecule has 0 radical (unpaired) electrons. The van der Waals surface area contributed by atoms with Crippen LogP contribution in [0.4, 0.5) is 5.82 Å². The molecule has 3 unspecified atom stereocenters. The Morgan fingerprint density at radius 1 is 1.28 bits per heavy atom. The summed E-state index contributed by atoms with van der Waals surface area (Å²) in [6, 6.07) is 1.46. The zero-order chi connectivity index (χ0) is 17.6. The fourth-order valence-corrected chi connectivity index (χ4v) is 4.78. The maximum Gasteiger partial charge on any atom is 0.308 e. The molecule has 2 aliphatic heterocycles. The van der Waals surface area contributed by atoms with Gasteiger partial charge in [0.15, 0.2) is 0 Å². The molecule has 0 saturated carbocycles. The third-order valence-corrected chi connectivity index (χ3v) is 6.23. The van der Waals surface area contributed by atoms with Crippen molar-refractivity contribution in [2.24, 2.45) is 5.92 Å². The zero-order valence-electron chi connectivity index (χ0n) is 14.0. The molecule has 7 nitrogen and oxygen atoms in total. The van der Waals surface area contributed by atoms with E-state index in [0.29, 0.717) is 13.0 Å². The molecule has 3 atom stereocenters. The van der Waals surface area contributed by atoms with Gasteiger partial charge in [0.2, 0.25) is 5.91 Å². The van der Waals surface area contributed by atoms with Gasteiger partial charge < -0.3 is 14.9 Å². The van der Waals surface area contributed by atoms with Gasteiger partial charge in [0.25, 0.3) is 0 Å². The van der Waals surface area contributed by atoms with E-state index in [1.807, 2.05) is 18.4 Å². The quantitative estimate of drug-likeness (QED) is 0.901. The van der Waals surface area contributed by atoms with Crippen LogP contribution < -0.4 is 4.90 Å². The largest absolute Gasteiger partial charge is 0.481 e. The normalized spacial score (nSPS) is 26.5. The first-order chi connectivity index (χ1) is 12.1. The monoisotopic (exact) mass is 360 g/mol. The number of carboxylic acids is 1. The molecule has 2 aromatic heterocycles. The van der Waals surface area contributed by atoms with Crippen LogP contribution in [-0.4, -0.2) is 57.0 Å². The van der Waals surface area contributed by atoms with Crippen molar-refractivity contribution in [2.45, 2.75) is 38.3 Å². The second kappa shape index (κ2) is 6.25. The van der Waals surface area contributed by atoms with Crippen molar-refractivity contribution in [2.75, 3.05) is 18.0 Å². The molecule has 8 heteroatoms. The summed E-state index contributed by atoms with van der Waals surface area (Å²) in [4.78, 5) is 37.9. The van der Waals surface area contributed by atoms with Crippen LogP contribution in [0.1, 0.15) is 26.2 Å². The second-order valence-corrected chi connectivity index (χ2v) is 7.59. The highest BCUT2D eigenvalue weighted by Gasteiger charge is 2.43. The highest BCUT2D eigenvalue weighted by Crippen LogP contribution is 2.34. The fourth-order valence-electron chi connectivity index (χ4n) is 4.06. The number of carbonyl (C=O) groups excluding carboxylic acids is 1. The van der Waals surface area contributed by atoms with Crippen LogP contribution in [-0.2, 0) is 9.59 Å². The molecule has 2 aliphatic rings. The van der Waals surface area contributed by atoms with Gasteiger partial charge in [0, 0.05) is 19.1 Å². The summed E-state index contributed by atoms with van der Waals surface area (Å²) in [5, 5.41) is 12.3. The van der Waals surface area contributed by atoms with Crippen molar-refractivity contribution in [3.8, 4) is 0 Å². The first-order valence-electron chi connectivity index (χ1n) is 8.56. The second-order valence-electron chi connectivity index (χ2n) is 6.69. The number of hydrogen-bond acceptors (Lipinski definition) is 6. The molecule has 0 aliphatic carbocycles. The summed E-state index contributed by atoms with van der Waals surface area (Å²) >= 11 is 1.56. The summed E-state index contributed by atoms with van der Waals surface area (Å²) in [5.74, 6) is -0.456. The third kappa shape index (κ3) is 2.64. The van der Waals surface area contributed by atoms with Gasteiger partial charge in [-0.2, -0.15) is 0 Å². The van der Waals surface area contributed by atoms with Crippen molar-refractivity contribution in [3.63, 3.8) is 0 Å². The minimum atomic E-state index is -0.818. The number of hydrogen-bond donors (Lipinski definition) is 1. The van der Waals surface area contributed by atoms with Crippen molar-refractivity contribution >= 4 is 39.2 Å². The van der Waals surface area contributed by atoms with Crippen molar-refractivity contribution < 1.29 is 14.7 Å². The third-order valence-electron chi connectivity index (χ3n) is 5.41. The number of rotatable bonds is 3. The Kier molecular flexibility index (Phi) is 4.07. The van der Waals surface area contributed by atoms with Gasteiger partial charge in [0.05, 0.1) is 11.3 Å². The Labute approximate surface area is 149 Å². The molecule has 2 fully saturated rings. The smallest absolute Gasteiger partial charge is 0.308 e. The topological polar surface area (TPSA) is 86.6 Å². The Hall–Kier alpha value is -2.22. The van der Waals surface area contributed by atoms with E-state index in [-0.39, 0.29) is 18.0 Å². The summed E-state index contributed by atoms with van der Waals surface area (Å²) in [6.45, 7) is 3.13. The number of carbonyl (C=O) groups is 2. The summed E-state index contributed by atoms with van der Waals surface area (Å²) in [5.41, 5.74) is 0. The van der Waals surface area contributed by atoms with Crippen LogP contribution in [0.15, 0.2) is 17.8 Å². The van der Waals surface area contributed by atoms with E-state index in [9.17, 15) is 14.7 Å². The molecule has 25 heavy (non-hydrogen) atoms. The number of fused-ring (bicyclic) bond motifs is 1. The number of amides is 1. The van der Waals surface area contributed by atoms with Crippen LogP contribution in [0, 0.1) is 5.92 Å². The van der Waals surface area contributed by atoms with Gasteiger partial charge in [0.1, 0.15) is 23.0 Å². The van der Waals surface area contributed by atoms with Gasteiger partial charge in [-0.05, 0) is 37.6 Å². The predicted octanol–water partition coefficient (Wildman–Crippen LogP) is 1.98. The van der Waals surface area contributed by atoms with Crippen LogP contribution in [0.25, 0.3) is 10.2 Å². The van der Waals surface area contributed by atoms with E-state index in [2.05, 4.69) is 14.9 Å². The van der Waals surface area contributed by atoms with Crippen LogP contribution in [0.2, 0.25) is 0 Å². The number of thiophene rings is 1. The Balaban J connectivity index is 1.61. The van der Waals surface area contributed by atoms with Crippen LogP contribution in [0.3, 0.4) is 0 Å². The molecule has 4 rings (SSSR count). The predicted molar refractivity (Wildman–Crippen MR) is 94.7 cm³/mol. The lowest BCUT2D eigenvalue weighted by atomic mass is 10.0. The zero-order valence-corrected chi connectivity index (χ0v) is 14.8. The van der Waals surface area contributed by atoms with Gasteiger partial charge >= 0.3 is 5.97 Å². The number of carboxylic acid groups (broad SMARTS) is 1. The number of nitrogens with zero attached hydrogens (tertiary/aromatic N) is 4. The average Bonchev–Trinajstić information content (AvgIpc) is 3.32. The molecule has 132 valence electrons. The van der Waals surface area contributed by atoms with E-state index < -0.39 is 11.9 Å². The summed E-state index contributed by atoms with van der Waals surface area (Å²) in [6.07, 6.45) is 3.77. The van der Waals surface area contributed by atoms with E-state index in [0.717, 1.165) is 35.4 Å². The molecular formula is C17H20N4O3S. The molecule has 0 spiro atoms. The first-order valence-corrected chi connectivity index (χ1v) is 9.44. The standard InChI is InChI=1S/C17H20N4O3S/c1-10-11(17(23)24)4-7-20(10)16(22)13-3-2-6-21(13)14-12-5-8-25-15(12)19-9-18-14/h5,8-11,13H,2-4,6-7H2,1H3,(H,23,24). The molecule has 2 aromatic rings. The number of anilines is 1. The van der Waals surface area contributed by atoms with Gasteiger partial charge in [-0.1, -0.05) is 0 Å². The fraction of sp³-hybridized carbons (Fsp3) is 0.529. The number of aliphatic carboxylic acids is 1. The van der Waals surface area contributed by atoms with E-state index in [4.69, 9.17) is 0 Å². The molecule has 0 bridgehead atoms. The highest BCUT2D eigenvalue weighted by atomic mass is 32.1. The van der Waals surface area contributed by atoms with Gasteiger partial charge in [-0.25, -0.2) is 9.97 Å². The maximum atomic E-state index is 13.1. The molecule has 1 N–H and O–H groups in total. The van der Waals surface area contributed by atoms with Gasteiger partial charge in [-0.15, -0.1) is 11.3 Å². The maximum absolute atomic E-state index is 13.1. The van der Waals surface area contributed by atoms with E-state index in [1.54, 1.807) is 22.6 Å². The minimum Gasteiger partial charge on any atom is -0.481 e. The molecule has 1 amide bonds. The summed E-state index contributed by atoms with van der Waals surface area (Å²) in [7, 11) is 0. The minimum absolute atomic E-state index is 0.0238. The van der Waals surface area contributed by atoms with Crippen molar-refractivity contribution in [1.82, 2.24) is 14.9 Å². The molecule has 2 saturated heterocycles. The summed E-state index contributed by atoms with van der Waals surface area (Å²) < 4.78 is 0. The van der Waals surface area contributed by atoms with Crippen LogP contribution >= 0.6 is 11.3 Å². The molecule has 4 heterocycles. The Morgan fingerprint density at radius 3 is 2.88 bits per heavy atom. The number of likely N-dealkylation sites (tertiary alicyclic amines) is 1. The lowest BCUT2D eigenvalue weighted by Crippen LogP contribution is -2.48. The lowest BCUT2D eigenvalue weighted by molar-refractivity contribution is -0.143. The molecule has 0 aromatic carbocycles. The van der Waals surface area contributed by atoms with Crippen molar-refractivity contribution in [1.29, 1.82) is 0 Å². The molecular weight excluding hydrogens is 340 g/mol. The first kappa shape index (κ1) is 16.3. The number of aromatic nitrogens is 2. The lowest BCUT2D eigenvalue weighted by Gasteiger charge is -2.31. The Morgan fingerprint density at radius 2 is 2.12 bits per heavy atom. The van der Waals surface area contributed by atoms with Crippen LogP contribution in [0.5, 0.6) is 0 Å². The SMILES string of the molecule is CC1C(C(=O)O)CCN1C(=O)C1CCCN1c1ncnc2sccc12. The van der Waals surface area contributed by atoms with E-state index in [1.165, 1.54) is 0 Å². The Bertz CT molecular complexity index is 823. The van der Waals surface area contributed by atoms with Gasteiger partial charge in [-0.3, -0.25) is 9.59 Å². The average molecular weight is 360 g/mol.